The van der Waals surface area contributed by atoms with Crippen molar-refractivity contribution in [1.82, 2.24) is 4.98 Å². The summed E-state index contributed by atoms with van der Waals surface area (Å²) < 4.78 is 0. The van der Waals surface area contributed by atoms with Crippen LogP contribution in [0.2, 0.25) is 0 Å². The predicted octanol–water partition coefficient (Wildman–Crippen LogP) is 1.89. The number of hydrogen-bond acceptors (Lipinski definition) is 2. The van der Waals surface area contributed by atoms with Crippen molar-refractivity contribution >= 4 is 5.97 Å². The molecular formula is C10H11NO2. The number of aliphatic carboxylic acids is 1. The number of hydrogen-bond donors (Lipinski definition) is 1. The lowest BCUT2D eigenvalue weighted by Gasteiger charge is -1.70. The minimum absolute atomic E-state index is 0.945. The van der Waals surface area contributed by atoms with Gasteiger partial charge in [-0.3, -0.25) is 4.98 Å². The van der Waals surface area contributed by atoms with Crippen molar-refractivity contribution in [2.75, 3.05) is 0 Å². The second kappa shape index (κ2) is 8.20. The standard InChI is InChI=1S/C5H5N.C5H6O2/c1-2-4-6-5-3-1;1-2-3-4-5(6)7/h1-5H;2-4H,1H2,(H,6,7). The molecule has 0 aliphatic carbocycles. The molecule has 68 valence electrons. The van der Waals surface area contributed by atoms with Crippen LogP contribution in [0.1, 0.15) is 0 Å². The Morgan fingerprint density at radius 1 is 1.31 bits per heavy atom. The average Bonchev–Trinajstić information content (AvgIpc) is 2.18. The summed E-state index contributed by atoms with van der Waals surface area (Å²) in [5.41, 5.74) is 0. The molecule has 0 saturated carbocycles. The highest BCUT2D eigenvalue weighted by atomic mass is 16.4. The molecule has 3 nitrogen and oxygen atoms in total. The summed E-state index contributed by atoms with van der Waals surface area (Å²) in [6.45, 7) is 3.28. The zero-order valence-electron chi connectivity index (χ0n) is 7.13. The number of rotatable bonds is 2. The van der Waals surface area contributed by atoms with Crippen molar-refractivity contribution in [2.24, 2.45) is 0 Å². The predicted molar refractivity (Wildman–Crippen MR) is 51.2 cm³/mol. The molecule has 0 aliphatic rings. The van der Waals surface area contributed by atoms with Crippen LogP contribution >= 0.6 is 0 Å². The SMILES string of the molecule is C=CC=CC(=O)O.c1ccncc1. The van der Waals surface area contributed by atoms with Crippen LogP contribution in [0, 0.1) is 0 Å². The third-order valence-electron chi connectivity index (χ3n) is 0.941. The molecule has 1 aromatic heterocycles. The Kier molecular flexibility index (Phi) is 7.00. The molecule has 0 radical (unpaired) electrons. The highest BCUT2D eigenvalue weighted by Gasteiger charge is 1.77. The van der Waals surface area contributed by atoms with Gasteiger partial charge in [-0.05, 0) is 12.1 Å². The maximum atomic E-state index is 9.62. The van der Waals surface area contributed by atoms with E-state index >= 15 is 0 Å². The Bertz CT molecular complexity index is 241. The number of pyridine rings is 1. The van der Waals surface area contributed by atoms with Gasteiger partial charge in [-0.2, -0.15) is 0 Å². The zero-order valence-corrected chi connectivity index (χ0v) is 7.13. The van der Waals surface area contributed by atoms with Gasteiger partial charge in [0.25, 0.3) is 0 Å². The lowest BCUT2D eigenvalue weighted by atomic mass is 10.5. The smallest absolute Gasteiger partial charge is 0.328 e. The summed E-state index contributed by atoms with van der Waals surface area (Å²) in [7, 11) is 0. The van der Waals surface area contributed by atoms with Gasteiger partial charge >= 0.3 is 5.97 Å². The summed E-state index contributed by atoms with van der Waals surface area (Å²) >= 11 is 0. The summed E-state index contributed by atoms with van der Waals surface area (Å²) in [6, 6.07) is 5.72. The Morgan fingerprint density at radius 2 is 1.92 bits per heavy atom. The van der Waals surface area contributed by atoms with E-state index in [1.807, 2.05) is 18.2 Å². The Morgan fingerprint density at radius 3 is 2.08 bits per heavy atom. The largest absolute Gasteiger partial charge is 0.478 e. The van der Waals surface area contributed by atoms with Gasteiger partial charge in [0.1, 0.15) is 0 Å². The third kappa shape index (κ3) is 10.1. The van der Waals surface area contributed by atoms with Crippen LogP contribution in [0.3, 0.4) is 0 Å². The van der Waals surface area contributed by atoms with E-state index < -0.39 is 5.97 Å². The van der Waals surface area contributed by atoms with Gasteiger partial charge in [0.15, 0.2) is 0 Å². The highest BCUT2D eigenvalue weighted by molar-refractivity contribution is 5.79. The van der Waals surface area contributed by atoms with Crippen LogP contribution in [0.5, 0.6) is 0 Å². The van der Waals surface area contributed by atoms with Crippen molar-refractivity contribution in [3.63, 3.8) is 0 Å². The van der Waals surface area contributed by atoms with E-state index in [2.05, 4.69) is 11.6 Å². The molecule has 1 rings (SSSR count). The number of carboxylic acids is 1. The fourth-order valence-corrected chi connectivity index (χ4v) is 0.463. The molecule has 3 heteroatoms. The van der Waals surface area contributed by atoms with Crippen LogP contribution in [0.15, 0.2) is 55.4 Å². The van der Waals surface area contributed by atoms with Gasteiger partial charge in [0.05, 0.1) is 0 Å². The monoisotopic (exact) mass is 177 g/mol. The maximum Gasteiger partial charge on any atom is 0.328 e. The van der Waals surface area contributed by atoms with Gasteiger partial charge in [-0.1, -0.05) is 24.8 Å². The van der Waals surface area contributed by atoms with Crippen LogP contribution < -0.4 is 0 Å². The number of carbonyl (C=O) groups is 1. The fraction of sp³-hybridized carbons (Fsp3) is 0. The Labute approximate surface area is 77.1 Å². The van der Waals surface area contributed by atoms with E-state index in [9.17, 15) is 4.79 Å². The summed E-state index contributed by atoms with van der Waals surface area (Å²) in [5.74, 6) is -0.945. The summed E-state index contributed by atoms with van der Waals surface area (Å²) in [6.07, 6.45) is 7.30. The van der Waals surface area contributed by atoms with Crippen LogP contribution in [-0.4, -0.2) is 16.1 Å². The molecule has 0 unspecified atom stereocenters. The molecule has 1 N–H and O–H groups in total. The molecule has 0 aromatic carbocycles. The van der Waals surface area contributed by atoms with Crippen molar-refractivity contribution in [2.45, 2.75) is 0 Å². The minimum atomic E-state index is -0.945. The summed E-state index contributed by atoms with van der Waals surface area (Å²) in [5, 5.41) is 7.91. The molecule has 1 heterocycles. The number of aromatic nitrogens is 1. The second-order valence-electron chi connectivity index (χ2n) is 1.96. The van der Waals surface area contributed by atoms with E-state index in [1.165, 1.54) is 12.2 Å². The molecule has 0 amide bonds. The molecule has 0 saturated heterocycles. The van der Waals surface area contributed by atoms with Gasteiger partial charge in [-0.25, -0.2) is 4.79 Å². The fourth-order valence-electron chi connectivity index (χ4n) is 0.463. The van der Waals surface area contributed by atoms with Gasteiger partial charge in [0.2, 0.25) is 0 Å². The van der Waals surface area contributed by atoms with Crippen LogP contribution in [0.4, 0.5) is 0 Å². The number of allylic oxidation sites excluding steroid dienone is 2. The Hall–Kier alpha value is -1.90. The van der Waals surface area contributed by atoms with Gasteiger partial charge in [0, 0.05) is 18.5 Å². The lowest BCUT2D eigenvalue weighted by Crippen LogP contribution is -1.83. The maximum absolute atomic E-state index is 9.62. The quantitative estimate of drug-likeness (QED) is 0.554. The van der Waals surface area contributed by atoms with Crippen molar-refractivity contribution < 1.29 is 9.90 Å². The lowest BCUT2D eigenvalue weighted by molar-refractivity contribution is -0.131. The van der Waals surface area contributed by atoms with Crippen molar-refractivity contribution in [3.8, 4) is 0 Å². The molecule has 13 heavy (non-hydrogen) atoms. The van der Waals surface area contributed by atoms with E-state index in [4.69, 9.17) is 5.11 Å². The van der Waals surface area contributed by atoms with Crippen LogP contribution in [0.25, 0.3) is 0 Å². The van der Waals surface area contributed by atoms with Gasteiger partial charge in [-0.15, -0.1) is 0 Å². The van der Waals surface area contributed by atoms with E-state index in [-0.39, 0.29) is 0 Å². The molecule has 0 bridgehead atoms. The Balaban J connectivity index is 0.000000223. The zero-order chi connectivity index (χ0) is 9.94. The number of nitrogens with zero attached hydrogens (tertiary/aromatic N) is 1. The van der Waals surface area contributed by atoms with Gasteiger partial charge < -0.3 is 5.11 Å². The molecular weight excluding hydrogens is 166 g/mol. The molecule has 1 aromatic rings. The first kappa shape index (κ1) is 11.1. The topological polar surface area (TPSA) is 50.2 Å². The molecule has 0 aliphatic heterocycles. The number of carboxylic acid groups (broad SMARTS) is 1. The van der Waals surface area contributed by atoms with Crippen molar-refractivity contribution in [3.05, 3.63) is 55.4 Å². The van der Waals surface area contributed by atoms with E-state index in [1.54, 1.807) is 12.4 Å². The van der Waals surface area contributed by atoms with Crippen molar-refractivity contribution in [1.29, 1.82) is 0 Å². The second-order valence-corrected chi connectivity index (χ2v) is 1.96. The normalized spacial score (nSPS) is 8.62. The third-order valence-corrected chi connectivity index (χ3v) is 0.941. The first-order chi connectivity index (χ1) is 6.27. The highest BCUT2D eigenvalue weighted by Crippen LogP contribution is 1.73. The van der Waals surface area contributed by atoms with Crippen LogP contribution in [-0.2, 0) is 4.79 Å². The average molecular weight is 177 g/mol. The van der Waals surface area contributed by atoms with E-state index in [0.717, 1.165) is 6.08 Å². The molecule has 0 atom stereocenters. The molecule has 0 fully saturated rings. The summed E-state index contributed by atoms with van der Waals surface area (Å²) in [4.78, 5) is 13.4. The minimum Gasteiger partial charge on any atom is -0.478 e. The first-order valence-corrected chi connectivity index (χ1v) is 3.64. The van der Waals surface area contributed by atoms with E-state index in [0.29, 0.717) is 0 Å². The molecule has 0 spiro atoms. The first-order valence-electron chi connectivity index (χ1n) is 3.64.